The maximum absolute atomic E-state index is 11.5. The molecule has 0 aromatic rings. The molecule has 0 bridgehead atoms. The van der Waals surface area contributed by atoms with Crippen LogP contribution >= 0.6 is 23.5 Å². The van der Waals surface area contributed by atoms with Crippen molar-refractivity contribution >= 4 is 35.5 Å². The van der Waals surface area contributed by atoms with E-state index in [1.54, 1.807) is 23.5 Å². The van der Waals surface area contributed by atoms with Gasteiger partial charge in [-0.05, 0) is 6.42 Å². The lowest BCUT2D eigenvalue weighted by atomic mass is 10.2. The van der Waals surface area contributed by atoms with Crippen LogP contribution in [0, 0.1) is 0 Å². The van der Waals surface area contributed by atoms with Gasteiger partial charge in [-0.25, -0.2) is 0 Å². The van der Waals surface area contributed by atoms with Gasteiger partial charge in [0, 0.05) is 17.4 Å². The molecule has 1 heterocycles. The van der Waals surface area contributed by atoms with Crippen molar-refractivity contribution in [3.05, 3.63) is 0 Å². The van der Waals surface area contributed by atoms with Crippen molar-refractivity contribution in [2.45, 2.75) is 37.9 Å². The van der Waals surface area contributed by atoms with E-state index >= 15 is 0 Å². The molecule has 0 aromatic heterocycles. The lowest BCUT2D eigenvalue weighted by Crippen LogP contribution is -2.14. The molecule has 19 heavy (non-hydrogen) atoms. The van der Waals surface area contributed by atoms with Crippen molar-refractivity contribution < 1.29 is 19.1 Å². The highest BCUT2D eigenvalue weighted by Crippen LogP contribution is 2.22. The Kier molecular flexibility index (Phi) is 9.16. The Hall–Kier alpha value is -0.360. The molecular formula is C13H22O4S2. The van der Waals surface area contributed by atoms with E-state index < -0.39 is 0 Å². The van der Waals surface area contributed by atoms with Crippen molar-refractivity contribution in [2.75, 3.05) is 30.5 Å². The minimum atomic E-state index is -0.171. The minimum absolute atomic E-state index is 0.165. The highest BCUT2D eigenvalue weighted by atomic mass is 32.2. The Balaban J connectivity index is 2.43. The summed E-state index contributed by atoms with van der Waals surface area (Å²) < 4.78 is 10.1. The Bertz CT molecular complexity index is 284. The molecule has 0 radical (unpaired) electrons. The van der Waals surface area contributed by atoms with Gasteiger partial charge >= 0.3 is 11.9 Å². The van der Waals surface area contributed by atoms with Crippen LogP contribution in [0.1, 0.15) is 32.6 Å². The number of esters is 2. The van der Waals surface area contributed by atoms with Crippen molar-refractivity contribution in [1.82, 2.24) is 0 Å². The second-order valence-electron chi connectivity index (χ2n) is 4.38. The van der Waals surface area contributed by atoms with Crippen LogP contribution in [0.5, 0.6) is 0 Å². The molecule has 1 aliphatic heterocycles. The fraction of sp³-hybridized carbons (Fsp3) is 0.846. The minimum Gasteiger partial charge on any atom is -0.465 e. The van der Waals surface area contributed by atoms with E-state index in [2.05, 4.69) is 6.92 Å². The normalized spacial score (nSPS) is 23.5. The SMILES string of the molecule is CCCCC1CSCC(=O)OCCCOC(=O)CS1. The van der Waals surface area contributed by atoms with Crippen LogP contribution in [0.25, 0.3) is 0 Å². The van der Waals surface area contributed by atoms with Crippen molar-refractivity contribution in [2.24, 2.45) is 0 Å². The number of hydrogen-bond acceptors (Lipinski definition) is 6. The average molecular weight is 306 g/mol. The maximum atomic E-state index is 11.5. The molecule has 110 valence electrons. The van der Waals surface area contributed by atoms with Gasteiger partial charge in [-0.2, -0.15) is 0 Å². The van der Waals surface area contributed by atoms with E-state index in [-0.39, 0.29) is 11.9 Å². The lowest BCUT2D eigenvalue weighted by Gasteiger charge is -2.15. The first-order chi connectivity index (χ1) is 9.22. The first-order valence-electron chi connectivity index (χ1n) is 6.73. The second kappa shape index (κ2) is 10.4. The standard InChI is InChI=1S/C13H22O4S2/c1-2-3-5-11-8-18-9-12(14)16-6-4-7-17-13(15)10-19-11/h11H,2-10H2,1H3. The average Bonchev–Trinajstić information content (AvgIpc) is 2.41. The largest absolute Gasteiger partial charge is 0.465 e. The summed E-state index contributed by atoms with van der Waals surface area (Å²) in [6.07, 6.45) is 3.95. The Morgan fingerprint density at radius 2 is 1.84 bits per heavy atom. The molecule has 1 aliphatic rings. The highest BCUT2D eigenvalue weighted by molar-refractivity contribution is 8.04. The number of hydrogen-bond donors (Lipinski definition) is 0. The van der Waals surface area contributed by atoms with Crippen molar-refractivity contribution in [3.63, 3.8) is 0 Å². The first kappa shape index (κ1) is 16.7. The Labute approximate surface area is 123 Å². The van der Waals surface area contributed by atoms with E-state index in [1.807, 2.05) is 0 Å². The quantitative estimate of drug-likeness (QED) is 0.747. The Morgan fingerprint density at radius 1 is 1.16 bits per heavy atom. The highest BCUT2D eigenvalue weighted by Gasteiger charge is 2.15. The molecule has 0 N–H and O–H groups in total. The third-order valence-corrected chi connectivity index (χ3v) is 5.22. The number of carbonyl (C=O) groups is 2. The van der Waals surface area contributed by atoms with Crippen LogP contribution in [-0.2, 0) is 19.1 Å². The summed E-state index contributed by atoms with van der Waals surface area (Å²) in [4.78, 5) is 22.9. The lowest BCUT2D eigenvalue weighted by molar-refractivity contribution is -0.142. The zero-order valence-electron chi connectivity index (χ0n) is 11.4. The fourth-order valence-electron chi connectivity index (χ4n) is 1.62. The number of rotatable bonds is 3. The summed E-state index contributed by atoms with van der Waals surface area (Å²) in [6.45, 7) is 2.82. The summed E-state index contributed by atoms with van der Waals surface area (Å²) >= 11 is 3.24. The zero-order valence-corrected chi connectivity index (χ0v) is 13.0. The van der Waals surface area contributed by atoms with Gasteiger partial charge < -0.3 is 9.47 Å². The van der Waals surface area contributed by atoms with Gasteiger partial charge in [-0.1, -0.05) is 19.8 Å². The van der Waals surface area contributed by atoms with Crippen LogP contribution < -0.4 is 0 Å². The summed E-state index contributed by atoms with van der Waals surface area (Å²) in [7, 11) is 0. The molecule has 6 heteroatoms. The monoisotopic (exact) mass is 306 g/mol. The number of cyclic esters (lactones) is 2. The molecular weight excluding hydrogens is 284 g/mol. The van der Waals surface area contributed by atoms with E-state index in [9.17, 15) is 9.59 Å². The van der Waals surface area contributed by atoms with Crippen molar-refractivity contribution in [1.29, 1.82) is 0 Å². The number of unbranched alkanes of at least 4 members (excludes halogenated alkanes) is 1. The summed E-state index contributed by atoms with van der Waals surface area (Å²) in [6, 6.07) is 0. The first-order valence-corrected chi connectivity index (χ1v) is 8.93. The van der Waals surface area contributed by atoms with E-state index in [0.29, 0.717) is 36.4 Å². The molecule has 0 spiro atoms. The smallest absolute Gasteiger partial charge is 0.315 e. The second-order valence-corrected chi connectivity index (χ2v) is 6.70. The van der Waals surface area contributed by atoms with E-state index in [4.69, 9.17) is 9.47 Å². The molecule has 0 aromatic carbocycles. The van der Waals surface area contributed by atoms with Crippen LogP contribution in [-0.4, -0.2) is 47.7 Å². The van der Waals surface area contributed by atoms with Crippen molar-refractivity contribution in [3.8, 4) is 0 Å². The molecule has 1 atom stereocenters. The van der Waals surface area contributed by atoms with Gasteiger partial charge in [0.1, 0.15) is 0 Å². The zero-order chi connectivity index (χ0) is 13.9. The number of thioether (sulfide) groups is 2. The summed E-state index contributed by atoms with van der Waals surface area (Å²) in [5.74, 6) is 1.35. The summed E-state index contributed by atoms with van der Waals surface area (Å²) in [5, 5.41) is 0.408. The predicted molar refractivity (Wildman–Crippen MR) is 79.6 cm³/mol. The van der Waals surface area contributed by atoms with Gasteiger partial charge in [0.05, 0.1) is 24.7 Å². The molecule has 1 fully saturated rings. The topological polar surface area (TPSA) is 52.6 Å². The maximum Gasteiger partial charge on any atom is 0.315 e. The van der Waals surface area contributed by atoms with E-state index in [0.717, 1.165) is 25.0 Å². The van der Waals surface area contributed by atoms with Crippen LogP contribution in [0.4, 0.5) is 0 Å². The van der Waals surface area contributed by atoms with Crippen LogP contribution in [0.3, 0.4) is 0 Å². The molecule has 1 rings (SSSR count). The third kappa shape index (κ3) is 8.42. The van der Waals surface area contributed by atoms with Crippen LogP contribution in [0.2, 0.25) is 0 Å². The van der Waals surface area contributed by atoms with Gasteiger partial charge in [0.15, 0.2) is 0 Å². The van der Waals surface area contributed by atoms with Gasteiger partial charge in [0.2, 0.25) is 0 Å². The number of ether oxygens (including phenoxy) is 2. The molecule has 0 aliphatic carbocycles. The number of carbonyl (C=O) groups excluding carboxylic acids is 2. The third-order valence-electron chi connectivity index (χ3n) is 2.65. The van der Waals surface area contributed by atoms with Crippen LogP contribution in [0.15, 0.2) is 0 Å². The summed E-state index contributed by atoms with van der Waals surface area (Å²) in [5.41, 5.74) is 0. The molecule has 1 unspecified atom stereocenters. The Morgan fingerprint density at radius 3 is 2.53 bits per heavy atom. The fourth-order valence-corrected chi connectivity index (χ4v) is 3.88. The van der Waals surface area contributed by atoms with Gasteiger partial charge in [0.25, 0.3) is 0 Å². The molecule has 0 saturated carbocycles. The molecule has 4 nitrogen and oxygen atoms in total. The molecule has 1 saturated heterocycles. The van der Waals surface area contributed by atoms with Gasteiger partial charge in [-0.3, -0.25) is 9.59 Å². The molecule has 0 amide bonds. The van der Waals surface area contributed by atoms with E-state index in [1.165, 1.54) is 0 Å². The van der Waals surface area contributed by atoms with Gasteiger partial charge in [-0.15, -0.1) is 23.5 Å². The predicted octanol–water partition coefficient (Wildman–Crippen LogP) is 2.50.